The van der Waals surface area contributed by atoms with Gasteiger partial charge in [-0.2, -0.15) is 10.2 Å². The number of amides is 2. The Morgan fingerprint density at radius 2 is 1.12 bits per heavy atom. The van der Waals surface area contributed by atoms with Gasteiger partial charge >= 0.3 is 0 Å². The highest BCUT2D eigenvalue weighted by atomic mass is 32.1. The minimum absolute atomic E-state index is 0. The quantitative estimate of drug-likeness (QED) is 0.238. The van der Waals surface area contributed by atoms with Crippen LogP contribution in [-0.4, -0.2) is 127 Å². The number of morpholine rings is 2. The molecule has 20 heteroatoms. The summed E-state index contributed by atoms with van der Waals surface area (Å²) in [4.78, 5) is 61.2. The molecule has 4 aliphatic heterocycles. The highest BCUT2D eigenvalue weighted by Crippen LogP contribution is 2.44. The number of aromatic amines is 2. The number of carbonyl (C=O) groups excluding carboxylic acids is 2. The number of aromatic nitrogens is 10. The molecule has 0 aliphatic carbocycles. The lowest BCUT2D eigenvalue weighted by Crippen LogP contribution is -2.68. The van der Waals surface area contributed by atoms with E-state index in [0.717, 1.165) is 44.2 Å². The second kappa shape index (κ2) is 15.0. The summed E-state index contributed by atoms with van der Waals surface area (Å²) in [6, 6.07) is 0. The van der Waals surface area contributed by atoms with Crippen molar-refractivity contribution in [3.63, 3.8) is 0 Å². The molecule has 10 rings (SSSR count). The van der Waals surface area contributed by atoms with Crippen LogP contribution in [0, 0.1) is 0 Å². The average molecular weight is 811 g/mol. The Labute approximate surface area is 336 Å². The van der Waals surface area contributed by atoms with Crippen molar-refractivity contribution in [3.8, 4) is 44.2 Å². The van der Waals surface area contributed by atoms with Crippen LogP contribution < -0.4 is 19.6 Å². The predicted molar refractivity (Wildman–Crippen MR) is 217 cm³/mol. The smallest absolute Gasteiger partial charge is 0.255 e. The van der Waals surface area contributed by atoms with Crippen molar-refractivity contribution in [2.24, 2.45) is 0 Å². The molecule has 2 N–H and O–H groups in total. The number of rotatable bonds is 6. The number of thiazole rings is 2. The van der Waals surface area contributed by atoms with Gasteiger partial charge in [0.05, 0.1) is 62.3 Å². The summed E-state index contributed by atoms with van der Waals surface area (Å²) in [6.45, 7) is 7.10. The van der Waals surface area contributed by atoms with Crippen LogP contribution in [-0.2, 0) is 19.1 Å². The number of anilines is 4. The molecule has 2 atom stereocenters. The maximum atomic E-state index is 13.1. The molecule has 6 aromatic heterocycles. The standard InChI is InChI=1S/2C18H19N7O2S.CH4/c2*1-3-18-10-27-6-5-25(18)15-12(24(2)17(18)26)9-20-14(22-15)11-8-21-23-13(11)16-19-4-7-28-16;/h2*4,7-9H,3,5-6,10H2,1-2H3,(H,21,23);1H4/t2*18-;/m10./s1. The first kappa shape index (κ1) is 38.2. The van der Waals surface area contributed by atoms with Crippen molar-refractivity contribution < 1.29 is 19.1 Å². The molecule has 57 heavy (non-hydrogen) atoms. The molecule has 296 valence electrons. The van der Waals surface area contributed by atoms with Crippen LogP contribution in [0.3, 0.4) is 0 Å². The number of H-pyrrole nitrogens is 2. The molecule has 2 fully saturated rings. The van der Waals surface area contributed by atoms with Gasteiger partial charge in [0, 0.05) is 50.3 Å². The summed E-state index contributed by atoms with van der Waals surface area (Å²) in [6.07, 6.45) is 11.6. The molecule has 0 bridgehead atoms. The van der Waals surface area contributed by atoms with E-state index in [1.54, 1.807) is 61.1 Å². The monoisotopic (exact) mass is 810 g/mol. The van der Waals surface area contributed by atoms with E-state index < -0.39 is 11.1 Å². The van der Waals surface area contributed by atoms with Crippen molar-refractivity contribution in [1.29, 1.82) is 0 Å². The van der Waals surface area contributed by atoms with E-state index in [1.807, 2.05) is 24.6 Å². The van der Waals surface area contributed by atoms with Gasteiger partial charge < -0.3 is 29.1 Å². The van der Waals surface area contributed by atoms with Crippen molar-refractivity contribution >= 4 is 57.5 Å². The molecule has 2 amide bonds. The van der Waals surface area contributed by atoms with Gasteiger partial charge in [-0.15, -0.1) is 22.7 Å². The van der Waals surface area contributed by atoms with Gasteiger partial charge in [0.15, 0.2) is 23.3 Å². The summed E-state index contributed by atoms with van der Waals surface area (Å²) in [5, 5.41) is 19.8. The highest BCUT2D eigenvalue weighted by Gasteiger charge is 2.53. The van der Waals surface area contributed by atoms with Crippen molar-refractivity contribution in [3.05, 3.63) is 47.9 Å². The molecule has 2 saturated heterocycles. The fourth-order valence-corrected chi connectivity index (χ4v) is 9.17. The Kier molecular flexibility index (Phi) is 10.0. The number of likely N-dealkylation sites (N-methyl/N-ethyl adjacent to an activating group) is 2. The maximum absolute atomic E-state index is 13.1. The number of hydrogen-bond acceptors (Lipinski definition) is 16. The molecular formula is C37H42N14O4S2. The van der Waals surface area contributed by atoms with Gasteiger partial charge in [-0.05, 0) is 12.8 Å². The van der Waals surface area contributed by atoms with E-state index in [4.69, 9.17) is 19.4 Å². The number of fused-ring (bicyclic) bond motifs is 6. The first-order chi connectivity index (χ1) is 27.3. The van der Waals surface area contributed by atoms with E-state index in [1.165, 1.54) is 22.7 Å². The lowest BCUT2D eigenvalue weighted by atomic mass is 9.89. The van der Waals surface area contributed by atoms with Crippen LogP contribution in [0.15, 0.2) is 47.9 Å². The summed E-state index contributed by atoms with van der Waals surface area (Å²) in [7, 11) is 3.54. The van der Waals surface area contributed by atoms with Crippen molar-refractivity contribution in [1.82, 2.24) is 50.3 Å². The zero-order valence-electron chi connectivity index (χ0n) is 31.1. The van der Waals surface area contributed by atoms with Gasteiger partial charge in [-0.25, -0.2) is 29.9 Å². The van der Waals surface area contributed by atoms with Crippen LogP contribution in [0.4, 0.5) is 23.0 Å². The Bertz CT molecular complexity index is 2240. The van der Waals surface area contributed by atoms with Crippen LogP contribution in [0.2, 0.25) is 0 Å². The third kappa shape index (κ3) is 5.96. The highest BCUT2D eigenvalue weighted by molar-refractivity contribution is 7.13. The van der Waals surface area contributed by atoms with E-state index >= 15 is 0 Å². The van der Waals surface area contributed by atoms with E-state index in [-0.39, 0.29) is 19.2 Å². The Balaban J connectivity index is 0.000000157. The second-order valence-electron chi connectivity index (χ2n) is 13.7. The first-order valence-corrected chi connectivity index (χ1v) is 20.0. The zero-order valence-corrected chi connectivity index (χ0v) is 32.7. The van der Waals surface area contributed by atoms with Crippen LogP contribution >= 0.6 is 22.7 Å². The molecule has 0 spiro atoms. The lowest BCUT2D eigenvalue weighted by molar-refractivity contribution is -0.129. The number of carbonyl (C=O) groups is 2. The second-order valence-corrected chi connectivity index (χ2v) is 15.5. The summed E-state index contributed by atoms with van der Waals surface area (Å²) in [5.74, 6) is 2.65. The molecule has 4 aliphatic rings. The minimum Gasteiger partial charge on any atom is -0.377 e. The normalized spacial score (nSPS) is 21.2. The van der Waals surface area contributed by atoms with Crippen molar-refractivity contribution in [2.45, 2.75) is 45.2 Å². The Morgan fingerprint density at radius 1 is 0.684 bits per heavy atom. The lowest BCUT2D eigenvalue weighted by Gasteiger charge is -2.51. The molecular weight excluding hydrogens is 769 g/mol. The third-order valence-electron chi connectivity index (χ3n) is 11.0. The fourth-order valence-electron chi connectivity index (χ4n) is 7.87. The molecule has 6 aromatic rings. The molecule has 0 saturated carbocycles. The molecule has 0 unspecified atom stereocenters. The minimum atomic E-state index is -0.722. The number of nitrogens with one attached hydrogen (secondary N) is 2. The SMILES string of the molecule is C.CC[C@@]12COCCN1c1nc(-c3cn[nH]c3-c3nccs3)ncc1N(C)C2=O.CC[C@]12COCCN1c1nc(-c3cn[nH]c3-c3nccs3)ncc1N(C)C2=O. The summed E-state index contributed by atoms with van der Waals surface area (Å²) in [5.41, 5.74) is 3.12. The Hall–Kier alpha value is -5.70. The molecule has 0 radical (unpaired) electrons. The van der Waals surface area contributed by atoms with Crippen LogP contribution in [0.5, 0.6) is 0 Å². The van der Waals surface area contributed by atoms with E-state index in [9.17, 15) is 9.59 Å². The van der Waals surface area contributed by atoms with Crippen LogP contribution in [0.25, 0.3) is 44.2 Å². The molecule has 18 nitrogen and oxygen atoms in total. The van der Waals surface area contributed by atoms with Gasteiger partial charge in [-0.3, -0.25) is 19.8 Å². The molecule has 0 aromatic carbocycles. The fraction of sp³-hybridized carbons (Fsp3) is 0.405. The molecule has 10 heterocycles. The summed E-state index contributed by atoms with van der Waals surface area (Å²) >= 11 is 3.04. The van der Waals surface area contributed by atoms with E-state index in [2.05, 4.69) is 50.1 Å². The van der Waals surface area contributed by atoms with Gasteiger partial charge in [0.2, 0.25) is 0 Å². The third-order valence-corrected chi connectivity index (χ3v) is 12.6. The maximum Gasteiger partial charge on any atom is 0.255 e. The zero-order chi connectivity index (χ0) is 38.6. The van der Waals surface area contributed by atoms with E-state index in [0.29, 0.717) is 75.4 Å². The number of ether oxygens (including phenoxy) is 2. The van der Waals surface area contributed by atoms with Gasteiger partial charge in [0.25, 0.3) is 11.8 Å². The predicted octanol–water partition coefficient (Wildman–Crippen LogP) is 4.54. The van der Waals surface area contributed by atoms with Gasteiger partial charge in [0.1, 0.15) is 43.9 Å². The topological polar surface area (TPSA) is 200 Å². The van der Waals surface area contributed by atoms with Crippen LogP contribution in [0.1, 0.15) is 34.1 Å². The average Bonchev–Trinajstić information content (AvgIpc) is 4.10. The summed E-state index contributed by atoms with van der Waals surface area (Å²) < 4.78 is 11.4. The van der Waals surface area contributed by atoms with Gasteiger partial charge in [-0.1, -0.05) is 21.3 Å². The first-order valence-electron chi connectivity index (χ1n) is 18.2. The van der Waals surface area contributed by atoms with Crippen molar-refractivity contribution in [2.75, 3.05) is 73.2 Å². The largest absolute Gasteiger partial charge is 0.377 e. The Morgan fingerprint density at radius 3 is 1.51 bits per heavy atom. The number of nitrogens with zero attached hydrogens (tertiary/aromatic N) is 12. The number of hydrogen-bond donors (Lipinski definition) is 2.